The van der Waals surface area contributed by atoms with Crippen LogP contribution in [0.25, 0.3) is 6.08 Å². The lowest BCUT2D eigenvalue weighted by Gasteiger charge is -2.35. The molecule has 0 radical (unpaired) electrons. The van der Waals surface area contributed by atoms with Crippen molar-refractivity contribution in [2.24, 2.45) is 0 Å². The molecule has 170 valence electrons. The maximum absolute atomic E-state index is 12.9. The van der Waals surface area contributed by atoms with Crippen molar-refractivity contribution in [2.45, 2.75) is 24.0 Å². The Labute approximate surface area is 203 Å². The molecule has 0 bridgehead atoms. The molecule has 1 atom stereocenters. The van der Waals surface area contributed by atoms with Crippen molar-refractivity contribution >= 4 is 53.6 Å². The number of hydrogen-bond acceptors (Lipinski definition) is 7. The van der Waals surface area contributed by atoms with E-state index in [1.54, 1.807) is 16.2 Å². The van der Waals surface area contributed by atoms with Crippen LogP contribution in [0.15, 0.2) is 46.8 Å². The molecule has 4 rings (SSSR count). The summed E-state index contributed by atoms with van der Waals surface area (Å²) < 4.78 is -0.648. The summed E-state index contributed by atoms with van der Waals surface area (Å²) in [4.78, 5) is 37.8. The molecule has 2 fully saturated rings. The first-order chi connectivity index (χ1) is 15.4. The largest absolute Gasteiger partial charge is 0.340 e. The minimum atomic E-state index is -0.648. The molecule has 2 aromatic rings. The molecule has 0 N–H and O–H groups in total. The van der Waals surface area contributed by atoms with Gasteiger partial charge in [-0.3, -0.25) is 19.5 Å². The van der Waals surface area contributed by atoms with E-state index in [0.29, 0.717) is 17.9 Å². The fraction of sp³-hybridized carbons (Fsp3) is 0.435. The standard InChI is InChI=1S/C23H28N4O2S3/c1-23(30)27(22(29)20(32-23)17-19-6-4-16-31-19)11-8-21(28)26-14-12-25(13-15-26)10-7-18-5-2-3-9-24-18/h2-6,9,16-17,30H,7-8,10-15H2,1H3/b20-17+. The third kappa shape index (κ3) is 5.75. The first kappa shape index (κ1) is 23.4. The van der Waals surface area contributed by atoms with Gasteiger partial charge in [-0.15, -0.1) is 24.0 Å². The summed E-state index contributed by atoms with van der Waals surface area (Å²) in [5.41, 5.74) is 1.10. The number of amides is 2. The second-order valence-electron chi connectivity index (χ2n) is 8.06. The van der Waals surface area contributed by atoms with Crippen molar-refractivity contribution in [2.75, 3.05) is 39.3 Å². The zero-order valence-electron chi connectivity index (χ0n) is 18.1. The van der Waals surface area contributed by atoms with Gasteiger partial charge in [0.1, 0.15) is 4.20 Å². The van der Waals surface area contributed by atoms with Crippen LogP contribution in [0.4, 0.5) is 0 Å². The van der Waals surface area contributed by atoms with Gasteiger partial charge in [0, 0.05) is 68.9 Å². The number of carbonyl (C=O) groups is 2. The Balaban J connectivity index is 1.24. The van der Waals surface area contributed by atoms with Crippen molar-refractivity contribution in [3.8, 4) is 0 Å². The summed E-state index contributed by atoms with van der Waals surface area (Å²) in [6.45, 7) is 6.45. The number of nitrogens with zero attached hydrogens (tertiary/aromatic N) is 4. The molecule has 0 aliphatic carbocycles. The summed E-state index contributed by atoms with van der Waals surface area (Å²) in [5, 5.41) is 1.99. The van der Waals surface area contributed by atoms with E-state index < -0.39 is 4.20 Å². The molecule has 0 saturated carbocycles. The summed E-state index contributed by atoms with van der Waals surface area (Å²) in [5.74, 6) is 0.0556. The van der Waals surface area contributed by atoms with Crippen molar-refractivity contribution in [1.82, 2.24) is 19.7 Å². The van der Waals surface area contributed by atoms with Gasteiger partial charge in [0.25, 0.3) is 5.91 Å². The monoisotopic (exact) mass is 488 g/mol. The second-order valence-corrected chi connectivity index (χ2v) is 11.7. The maximum Gasteiger partial charge on any atom is 0.262 e. The molecule has 2 saturated heterocycles. The smallest absolute Gasteiger partial charge is 0.262 e. The van der Waals surface area contributed by atoms with Crippen LogP contribution in [0.1, 0.15) is 23.9 Å². The third-order valence-electron chi connectivity index (χ3n) is 5.76. The molecular weight excluding hydrogens is 460 g/mol. The predicted molar refractivity (Wildman–Crippen MR) is 135 cm³/mol. The highest BCUT2D eigenvalue weighted by atomic mass is 32.2. The molecule has 4 heterocycles. The van der Waals surface area contributed by atoms with Crippen LogP contribution in [0.2, 0.25) is 0 Å². The molecule has 2 aromatic heterocycles. The lowest BCUT2D eigenvalue weighted by atomic mass is 10.2. The Hall–Kier alpha value is -1.81. The van der Waals surface area contributed by atoms with Crippen LogP contribution in [-0.4, -0.2) is 75.0 Å². The van der Waals surface area contributed by atoms with E-state index in [1.807, 2.05) is 59.8 Å². The fourth-order valence-electron chi connectivity index (χ4n) is 3.94. The van der Waals surface area contributed by atoms with E-state index in [0.717, 1.165) is 49.7 Å². The van der Waals surface area contributed by atoms with Crippen LogP contribution in [0.3, 0.4) is 0 Å². The minimum Gasteiger partial charge on any atom is -0.340 e. The van der Waals surface area contributed by atoms with Gasteiger partial charge < -0.3 is 9.80 Å². The Kier molecular flexibility index (Phi) is 7.60. The quantitative estimate of drug-likeness (QED) is 0.478. The van der Waals surface area contributed by atoms with Crippen LogP contribution in [0, 0.1) is 0 Å². The Morgan fingerprint density at radius 1 is 1.19 bits per heavy atom. The van der Waals surface area contributed by atoms with E-state index in [2.05, 4.69) is 9.88 Å². The van der Waals surface area contributed by atoms with Gasteiger partial charge in [-0.1, -0.05) is 23.9 Å². The number of thioether (sulfide) groups is 1. The van der Waals surface area contributed by atoms with Crippen molar-refractivity contribution in [3.63, 3.8) is 0 Å². The van der Waals surface area contributed by atoms with E-state index in [1.165, 1.54) is 11.8 Å². The first-order valence-electron chi connectivity index (χ1n) is 10.8. The number of thiol groups is 1. The average molecular weight is 489 g/mol. The van der Waals surface area contributed by atoms with E-state index in [4.69, 9.17) is 12.6 Å². The van der Waals surface area contributed by atoms with Crippen molar-refractivity contribution < 1.29 is 9.59 Å². The first-order valence-corrected chi connectivity index (χ1v) is 13.0. The molecule has 0 aromatic carbocycles. The van der Waals surface area contributed by atoms with E-state index in [9.17, 15) is 9.59 Å². The highest BCUT2D eigenvalue weighted by Crippen LogP contribution is 2.47. The van der Waals surface area contributed by atoms with Gasteiger partial charge in [-0.25, -0.2) is 0 Å². The number of hydrogen-bond donors (Lipinski definition) is 1. The lowest BCUT2D eigenvalue weighted by molar-refractivity contribution is -0.134. The number of piperazine rings is 1. The molecular formula is C23H28N4O2S3. The van der Waals surface area contributed by atoms with Gasteiger partial charge in [0.15, 0.2) is 0 Å². The summed E-state index contributed by atoms with van der Waals surface area (Å²) >= 11 is 7.75. The summed E-state index contributed by atoms with van der Waals surface area (Å²) in [6.07, 6.45) is 4.98. The van der Waals surface area contributed by atoms with E-state index in [-0.39, 0.29) is 11.8 Å². The number of thiophene rings is 1. The summed E-state index contributed by atoms with van der Waals surface area (Å²) in [7, 11) is 0. The van der Waals surface area contributed by atoms with Gasteiger partial charge in [-0.2, -0.15) is 0 Å². The zero-order chi connectivity index (χ0) is 22.6. The maximum atomic E-state index is 12.9. The Morgan fingerprint density at radius 2 is 2.00 bits per heavy atom. The molecule has 0 spiro atoms. The Morgan fingerprint density at radius 3 is 2.69 bits per heavy atom. The van der Waals surface area contributed by atoms with Crippen LogP contribution in [0.5, 0.6) is 0 Å². The minimum absolute atomic E-state index is 0.0481. The highest BCUT2D eigenvalue weighted by molar-refractivity contribution is 8.15. The number of rotatable bonds is 7. The lowest BCUT2D eigenvalue weighted by Crippen LogP contribution is -2.50. The van der Waals surface area contributed by atoms with Crippen LogP contribution < -0.4 is 0 Å². The third-order valence-corrected chi connectivity index (χ3v) is 8.22. The van der Waals surface area contributed by atoms with Gasteiger partial charge in [-0.05, 0) is 36.6 Å². The van der Waals surface area contributed by atoms with Gasteiger partial charge >= 0.3 is 0 Å². The topological polar surface area (TPSA) is 56.8 Å². The normalized spacial score (nSPS) is 23.3. The molecule has 1 unspecified atom stereocenters. The number of pyridine rings is 1. The van der Waals surface area contributed by atoms with Gasteiger partial charge in [0.05, 0.1) is 4.91 Å². The SMILES string of the molecule is CC1(S)S/C(=C/c2cccs2)C(=O)N1CCC(=O)N1CCN(CCc2ccccn2)CC1. The molecule has 2 amide bonds. The van der Waals surface area contributed by atoms with Crippen molar-refractivity contribution in [3.05, 3.63) is 57.4 Å². The van der Waals surface area contributed by atoms with Crippen LogP contribution in [-0.2, 0) is 16.0 Å². The summed E-state index contributed by atoms with van der Waals surface area (Å²) in [6, 6.07) is 9.95. The number of aromatic nitrogens is 1. The van der Waals surface area contributed by atoms with E-state index >= 15 is 0 Å². The van der Waals surface area contributed by atoms with Crippen molar-refractivity contribution in [1.29, 1.82) is 0 Å². The average Bonchev–Trinajstić information content (AvgIpc) is 3.38. The second kappa shape index (κ2) is 10.4. The fourth-order valence-corrected chi connectivity index (χ4v) is 6.24. The highest BCUT2D eigenvalue weighted by Gasteiger charge is 2.43. The molecule has 6 nitrogen and oxygen atoms in total. The van der Waals surface area contributed by atoms with Gasteiger partial charge in [0.2, 0.25) is 5.91 Å². The van der Waals surface area contributed by atoms with Crippen LogP contribution >= 0.6 is 35.7 Å². The molecule has 32 heavy (non-hydrogen) atoms. The molecule has 2 aliphatic rings. The zero-order valence-corrected chi connectivity index (χ0v) is 20.7. The molecule has 2 aliphatic heterocycles. The molecule has 9 heteroatoms. The predicted octanol–water partition coefficient (Wildman–Crippen LogP) is 3.44. The number of carbonyl (C=O) groups excluding carboxylic acids is 2. The Bertz CT molecular complexity index is 955.